The van der Waals surface area contributed by atoms with Gasteiger partial charge in [0.15, 0.2) is 0 Å². The van der Waals surface area contributed by atoms with Crippen molar-refractivity contribution in [1.82, 2.24) is 4.98 Å². The molecule has 1 aromatic heterocycles. The molecule has 0 aliphatic carbocycles. The number of rotatable bonds is 1. The van der Waals surface area contributed by atoms with Gasteiger partial charge >= 0.3 is 29.6 Å². The van der Waals surface area contributed by atoms with Crippen LogP contribution in [0.2, 0.25) is 0 Å². The van der Waals surface area contributed by atoms with Crippen molar-refractivity contribution >= 4 is 27.0 Å². The summed E-state index contributed by atoms with van der Waals surface area (Å²) in [5, 5.41) is 0. The molecule has 0 amide bonds. The van der Waals surface area contributed by atoms with Crippen LogP contribution in [0, 0.1) is 0 Å². The third kappa shape index (κ3) is 3.78. The predicted octanol–water partition coefficient (Wildman–Crippen LogP) is -1.91. The maximum absolute atomic E-state index is 10.3. The van der Waals surface area contributed by atoms with E-state index in [1.165, 1.54) is 18.5 Å². The fraction of sp³-hybridized carbons (Fsp3) is 0. The second-order valence-electron chi connectivity index (χ2n) is 1.57. The summed E-state index contributed by atoms with van der Waals surface area (Å²) in [6.07, 6.45) is 2.81. The first kappa shape index (κ1) is 11.7. The molecule has 3 nitrogen and oxygen atoms in total. The van der Waals surface area contributed by atoms with E-state index in [1.807, 2.05) is 0 Å². The van der Waals surface area contributed by atoms with Gasteiger partial charge in [0.25, 0.3) is 0 Å². The number of halogens is 1. The summed E-state index contributed by atoms with van der Waals surface area (Å²) in [5.74, 6) is 0. The minimum absolute atomic E-state index is 0. The van der Waals surface area contributed by atoms with Gasteiger partial charge in [0.2, 0.25) is 0 Å². The Labute approximate surface area is 97.3 Å². The van der Waals surface area contributed by atoms with Gasteiger partial charge in [0.1, 0.15) is 0 Å². The molecular weight excluding hydrogens is 241 g/mol. The monoisotopic (exact) mass is 243 g/mol. The van der Waals surface area contributed by atoms with Crippen molar-refractivity contribution in [2.24, 2.45) is 0 Å². The molecule has 0 saturated heterocycles. The van der Waals surface area contributed by atoms with E-state index < -0.39 is 11.1 Å². The van der Waals surface area contributed by atoms with Crippen LogP contribution in [-0.2, 0) is 11.1 Å². The zero-order valence-corrected chi connectivity index (χ0v) is 10.2. The molecule has 1 atom stereocenters. The predicted molar refractivity (Wildman–Crippen MR) is 39.1 cm³/mol. The van der Waals surface area contributed by atoms with E-state index in [1.54, 1.807) is 0 Å². The standard InChI is InChI=1S/C5H4BrNO2S.Na/c6-4-1-5(10(8)9)3-7-2-4;/h1-3H,(H,8,9);/q;+1/p-1. The molecule has 1 unspecified atom stereocenters. The van der Waals surface area contributed by atoms with E-state index in [-0.39, 0.29) is 34.5 Å². The summed E-state index contributed by atoms with van der Waals surface area (Å²) in [7, 11) is 0. The van der Waals surface area contributed by atoms with Crippen LogP contribution < -0.4 is 29.6 Å². The summed E-state index contributed by atoms with van der Waals surface area (Å²) < 4.78 is 21.2. The van der Waals surface area contributed by atoms with Gasteiger partial charge in [0.05, 0.1) is 0 Å². The van der Waals surface area contributed by atoms with Gasteiger partial charge < -0.3 is 4.55 Å². The third-order valence-electron chi connectivity index (χ3n) is 0.872. The van der Waals surface area contributed by atoms with Gasteiger partial charge in [-0.15, -0.1) is 0 Å². The molecule has 1 aromatic rings. The molecule has 1 rings (SSSR count). The molecule has 54 valence electrons. The molecule has 6 heteroatoms. The Morgan fingerprint density at radius 1 is 1.55 bits per heavy atom. The number of hydrogen-bond donors (Lipinski definition) is 0. The van der Waals surface area contributed by atoms with E-state index in [2.05, 4.69) is 20.9 Å². The van der Waals surface area contributed by atoms with Crippen LogP contribution in [0.5, 0.6) is 0 Å². The van der Waals surface area contributed by atoms with E-state index in [0.29, 0.717) is 4.47 Å². The smallest absolute Gasteiger partial charge is 0.768 e. The normalized spacial score (nSPS) is 11.8. The largest absolute Gasteiger partial charge is 1.00 e. The van der Waals surface area contributed by atoms with Gasteiger partial charge in [-0.05, 0) is 33.1 Å². The Bertz CT molecular complexity index is 270. The van der Waals surface area contributed by atoms with Crippen LogP contribution in [-0.4, -0.2) is 13.7 Å². The van der Waals surface area contributed by atoms with Crippen LogP contribution in [0.1, 0.15) is 0 Å². The maximum Gasteiger partial charge on any atom is 1.00 e. The van der Waals surface area contributed by atoms with Crippen molar-refractivity contribution in [1.29, 1.82) is 0 Å². The summed E-state index contributed by atoms with van der Waals surface area (Å²) in [6.45, 7) is 0. The van der Waals surface area contributed by atoms with Gasteiger partial charge in [-0.1, -0.05) is 0 Å². The Balaban J connectivity index is 0.000001000. The van der Waals surface area contributed by atoms with E-state index in [0.717, 1.165) is 0 Å². The van der Waals surface area contributed by atoms with Crippen LogP contribution in [0.3, 0.4) is 0 Å². The Hall–Kier alpha value is 0.740. The molecule has 0 aliphatic heterocycles. The second-order valence-corrected chi connectivity index (χ2v) is 3.43. The molecule has 0 radical (unpaired) electrons. The summed E-state index contributed by atoms with van der Waals surface area (Å²) >= 11 is 0.913. The Morgan fingerprint density at radius 2 is 2.18 bits per heavy atom. The molecule has 1 heterocycles. The maximum atomic E-state index is 10.3. The molecule has 0 N–H and O–H groups in total. The van der Waals surface area contributed by atoms with Crippen LogP contribution in [0.25, 0.3) is 0 Å². The summed E-state index contributed by atoms with van der Waals surface area (Å²) in [4.78, 5) is 3.85. The molecule has 0 saturated carbocycles. The summed E-state index contributed by atoms with van der Waals surface area (Å²) in [6, 6.07) is 1.48. The fourth-order valence-electron chi connectivity index (χ4n) is 0.484. The molecule has 0 fully saturated rings. The zero-order chi connectivity index (χ0) is 7.56. The fourth-order valence-corrected chi connectivity index (χ4v) is 1.37. The summed E-state index contributed by atoms with van der Waals surface area (Å²) in [5.41, 5.74) is 0. The van der Waals surface area contributed by atoms with Crippen molar-refractivity contribution < 1.29 is 38.3 Å². The van der Waals surface area contributed by atoms with Gasteiger partial charge in [0, 0.05) is 21.8 Å². The zero-order valence-electron chi connectivity index (χ0n) is 5.78. The van der Waals surface area contributed by atoms with Crippen molar-refractivity contribution in [2.75, 3.05) is 0 Å². The number of aromatic nitrogens is 1. The van der Waals surface area contributed by atoms with Gasteiger partial charge in [-0.3, -0.25) is 9.19 Å². The minimum Gasteiger partial charge on any atom is -0.768 e. The topological polar surface area (TPSA) is 53.0 Å². The molecule has 0 aliphatic rings. The molecule has 0 aromatic carbocycles. The van der Waals surface area contributed by atoms with Crippen molar-refractivity contribution in [3.8, 4) is 0 Å². The van der Waals surface area contributed by atoms with Crippen molar-refractivity contribution in [3.05, 3.63) is 22.9 Å². The molecular formula is C5H3BrNNaO2S. The van der Waals surface area contributed by atoms with Gasteiger partial charge in [-0.25, -0.2) is 0 Å². The first-order valence-corrected chi connectivity index (χ1v) is 4.27. The van der Waals surface area contributed by atoms with Crippen LogP contribution in [0.15, 0.2) is 27.8 Å². The van der Waals surface area contributed by atoms with Crippen molar-refractivity contribution in [2.45, 2.75) is 4.90 Å². The first-order valence-electron chi connectivity index (χ1n) is 2.40. The van der Waals surface area contributed by atoms with E-state index in [4.69, 9.17) is 0 Å². The molecule has 0 bridgehead atoms. The number of pyridine rings is 1. The first-order chi connectivity index (χ1) is 4.70. The third-order valence-corrected chi connectivity index (χ3v) is 1.91. The Morgan fingerprint density at radius 3 is 2.55 bits per heavy atom. The van der Waals surface area contributed by atoms with Crippen molar-refractivity contribution in [3.63, 3.8) is 0 Å². The molecule has 11 heavy (non-hydrogen) atoms. The van der Waals surface area contributed by atoms with Crippen LogP contribution >= 0.6 is 15.9 Å². The van der Waals surface area contributed by atoms with E-state index >= 15 is 0 Å². The quantitative estimate of drug-likeness (QED) is 0.427. The van der Waals surface area contributed by atoms with Gasteiger partial charge in [-0.2, -0.15) is 0 Å². The average Bonchev–Trinajstić information content (AvgIpc) is 1.88. The van der Waals surface area contributed by atoms with Crippen LogP contribution in [0.4, 0.5) is 0 Å². The number of hydrogen-bond acceptors (Lipinski definition) is 3. The Kier molecular flexibility index (Phi) is 5.76. The average molecular weight is 244 g/mol. The second kappa shape index (κ2) is 5.40. The molecule has 0 spiro atoms. The number of nitrogens with zero attached hydrogens (tertiary/aromatic N) is 1. The minimum atomic E-state index is -2.18. The van der Waals surface area contributed by atoms with E-state index in [9.17, 15) is 8.76 Å². The SMILES string of the molecule is O=S([O-])c1cncc(Br)c1.[Na+].